The van der Waals surface area contributed by atoms with Crippen LogP contribution in [0.25, 0.3) is 5.76 Å². The highest BCUT2D eigenvalue weighted by molar-refractivity contribution is 6.31. The Morgan fingerprint density at radius 1 is 1.56 bits per heavy atom. The molecule has 0 heterocycles. The molecule has 0 aliphatic heterocycles. The van der Waals surface area contributed by atoms with Gasteiger partial charge in [0.25, 0.3) is 0 Å². The van der Waals surface area contributed by atoms with Gasteiger partial charge in [-0.25, -0.2) is 0 Å². The Morgan fingerprint density at radius 2 is 2.25 bits per heavy atom. The molecule has 0 fully saturated rings. The van der Waals surface area contributed by atoms with Crippen molar-refractivity contribution in [2.75, 3.05) is 13.7 Å². The average Bonchev–Trinajstić information content (AvgIpc) is 2.28. The minimum absolute atomic E-state index is 0.238. The maximum atomic E-state index is 6.21. The van der Waals surface area contributed by atoms with E-state index in [-0.39, 0.29) is 6.04 Å². The summed E-state index contributed by atoms with van der Waals surface area (Å²) in [6.45, 7) is 8.47. The van der Waals surface area contributed by atoms with Gasteiger partial charge in [0, 0.05) is 16.6 Å². The summed E-state index contributed by atoms with van der Waals surface area (Å²) >= 11 is 6.21. The fourth-order valence-electron chi connectivity index (χ4n) is 1.46. The first kappa shape index (κ1) is 13.1. The molecule has 0 aliphatic carbocycles. The van der Waals surface area contributed by atoms with Gasteiger partial charge in [-0.05, 0) is 32.5 Å². The SMILES string of the molecule is C=C(OCC)c1ccc(C(C)NC)c(Cl)c1. The predicted molar refractivity (Wildman–Crippen MR) is 69.6 cm³/mol. The van der Waals surface area contributed by atoms with Crippen molar-refractivity contribution in [1.29, 1.82) is 0 Å². The van der Waals surface area contributed by atoms with E-state index in [1.807, 2.05) is 32.2 Å². The highest BCUT2D eigenvalue weighted by atomic mass is 35.5. The van der Waals surface area contributed by atoms with Crippen LogP contribution in [-0.4, -0.2) is 13.7 Å². The zero-order chi connectivity index (χ0) is 12.1. The first-order valence-corrected chi connectivity index (χ1v) is 5.76. The topological polar surface area (TPSA) is 21.3 Å². The molecular weight excluding hydrogens is 222 g/mol. The van der Waals surface area contributed by atoms with Gasteiger partial charge in [0.15, 0.2) is 0 Å². The third-order valence-corrected chi connectivity index (χ3v) is 2.87. The largest absolute Gasteiger partial charge is 0.494 e. The van der Waals surface area contributed by atoms with Gasteiger partial charge in [0.2, 0.25) is 0 Å². The summed E-state index contributed by atoms with van der Waals surface area (Å²) in [7, 11) is 1.91. The molecule has 0 aromatic heterocycles. The van der Waals surface area contributed by atoms with Crippen LogP contribution in [0.5, 0.6) is 0 Å². The lowest BCUT2D eigenvalue weighted by Gasteiger charge is -2.14. The fourth-order valence-corrected chi connectivity index (χ4v) is 1.81. The smallest absolute Gasteiger partial charge is 0.119 e. The summed E-state index contributed by atoms with van der Waals surface area (Å²) in [4.78, 5) is 0. The zero-order valence-corrected chi connectivity index (χ0v) is 10.8. The summed E-state index contributed by atoms with van der Waals surface area (Å²) < 4.78 is 5.34. The lowest BCUT2D eigenvalue weighted by Crippen LogP contribution is -2.12. The van der Waals surface area contributed by atoms with E-state index in [1.54, 1.807) is 0 Å². The number of benzene rings is 1. The Morgan fingerprint density at radius 3 is 2.75 bits per heavy atom. The van der Waals surface area contributed by atoms with Gasteiger partial charge in [-0.2, -0.15) is 0 Å². The van der Waals surface area contributed by atoms with Crippen molar-refractivity contribution < 1.29 is 4.74 Å². The summed E-state index contributed by atoms with van der Waals surface area (Å²) in [5.74, 6) is 0.660. The van der Waals surface area contributed by atoms with Crippen LogP contribution < -0.4 is 5.32 Å². The van der Waals surface area contributed by atoms with Gasteiger partial charge >= 0.3 is 0 Å². The molecule has 1 N–H and O–H groups in total. The molecule has 1 rings (SSSR count). The molecular formula is C13H18ClNO. The van der Waals surface area contributed by atoms with E-state index in [0.717, 1.165) is 16.1 Å². The summed E-state index contributed by atoms with van der Waals surface area (Å²) in [5, 5.41) is 3.89. The number of halogens is 1. The molecule has 0 aliphatic rings. The van der Waals surface area contributed by atoms with E-state index in [0.29, 0.717) is 12.4 Å². The molecule has 1 unspecified atom stereocenters. The van der Waals surface area contributed by atoms with E-state index in [4.69, 9.17) is 16.3 Å². The maximum absolute atomic E-state index is 6.21. The fraction of sp³-hybridized carbons (Fsp3) is 0.385. The van der Waals surface area contributed by atoms with Crippen molar-refractivity contribution in [3.05, 3.63) is 40.9 Å². The van der Waals surface area contributed by atoms with Crippen LogP contribution >= 0.6 is 11.6 Å². The Bertz CT molecular complexity index is 376. The minimum Gasteiger partial charge on any atom is -0.494 e. The quantitative estimate of drug-likeness (QED) is 0.793. The van der Waals surface area contributed by atoms with Crippen LogP contribution in [0, 0.1) is 0 Å². The number of hydrogen-bond acceptors (Lipinski definition) is 2. The summed E-state index contributed by atoms with van der Waals surface area (Å²) in [5.41, 5.74) is 2.01. The number of rotatable bonds is 5. The second kappa shape index (κ2) is 5.92. The van der Waals surface area contributed by atoms with Gasteiger partial charge in [-0.15, -0.1) is 0 Å². The third-order valence-electron chi connectivity index (χ3n) is 2.54. The first-order valence-electron chi connectivity index (χ1n) is 5.39. The minimum atomic E-state index is 0.238. The zero-order valence-electron chi connectivity index (χ0n) is 10.0. The number of ether oxygens (including phenoxy) is 1. The standard InChI is InChI=1S/C13H18ClNO/c1-5-16-10(3)11-6-7-12(9(2)15-4)13(14)8-11/h6-9,15H,3,5H2,1-2,4H3. The molecule has 1 aromatic carbocycles. The molecule has 0 radical (unpaired) electrons. The number of hydrogen-bond donors (Lipinski definition) is 1. The second-order valence-corrected chi connectivity index (χ2v) is 4.01. The number of nitrogens with one attached hydrogen (secondary N) is 1. The van der Waals surface area contributed by atoms with E-state index in [9.17, 15) is 0 Å². The van der Waals surface area contributed by atoms with E-state index in [1.165, 1.54) is 0 Å². The molecule has 0 bridgehead atoms. The molecule has 0 saturated carbocycles. The second-order valence-electron chi connectivity index (χ2n) is 3.60. The molecule has 0 amide bonds. The van der Waals surface area contributed by atoms with Crippen LogP contribution in [0.3, 0.4) is 0 Å². The average molecular weight is 240 g/mol. The normalized spacial score (nSPS) is 12.2. The van der Waals surface area contributed by atoms with Crippen molar-refractivity contribution in [1.82, 2.24) is 5.32 Å². The lowest BCUT2D eigenvalue weighted by atomic mass is 10.1. The molecule has 2 nitrogen and oxygen atoms in total. The third kappa shape index (κ3) is 3.00. The molecule has 3 heteroatoms. The van der Waals surface area contributed by atoms with E-state index in [2.05, 4.69) is 18.8 Å². The Labute approximate surface area is 102 Å². The highest BCUT2D eigenvalue weighted by Crippen LogP contribution is 2.26. The van der Waals surface area contributed by atoms with Gasteiger partial charge in [-0.3, -0.25) is 0 Å². The van der Waals surface area contributed by atoms with Crippen LogP contribution in [0.2, 0.25) is 5.02 Å². The van der Waals surface area contributed by atoms with Crippen molar-refractivity contribution in [2.45, 2.75) is 19.9 Å². The summed E-state index contributed by atoms with van der Waals surface area (Å²) in [6.07, 6.45) is 0. The molecule has 16 heavy (non-hydrogen) atoms. The Hall–Kier alpha value is -0.990. The van der Waals surface area contributed by atoms with Crippen molar-refractivity contribution in [2.24, 2.45) is 0 Å². The molecule has 88 valence electrons. The summed E-state index contributed by atoms with van der Waals surface area (Å²) in [6, 6.07) is 6.11. The van der Waals surface area contributed by atoms with Crippen LogP contribution in [0.1, 0.15) is 31.0 Å². The Kier molecular flexibility index (Phi) is 4.84. The van der Waals surface area contributed by atoms with E-state index < -0.39 is 0 Å². The van der Waals surface area contributed by atoms with E-state index >= 15 is 0 Å². The van der Waals surface area contributed by atoms with Crippen LogP contribution in [-0.2, 0) is 4.74 Å². The van der Waals surface area contributed by atoms with Gasteiger partial charge in [0.05, 0.1) is 6.61 Å². The molecule has 1 atom stereocenters. The van der Waals surface area contributed by atoms with Gasteiger partial charge < -0.3 is 10.1 Å². The molecule has 0 spiro atoms. The monoisotopic (exact) mass is 239 g/mol. The first-order chi connectivity index (χ1) is 7.60. The lowest BCUT2D eigenvalue weighted by molar-refractivity contribution is 0.299. The molecule has 1 aromatic rings. The van der Waals surface area contributed by atoms with Crippen LogP contribution in [0.4, 0.5) is 0 Å². The van der Waals surface area contributed by atoms with Crippen molar-refractivity contribution >= 4 is 17.4 Å². The maximum Gasteiger partial charge on any atom is 0.119 e. The molecule has 0 saturated heterocycles. The van der Waals surface area contributed by atoms with Crippen molar-refractivity contribution in [3.63, 3.8) is 0 Å². The Balaban J connectivity index is 2.95. The van der Waals surface area contributed by atoms with Gasteiger partial charge in [-0.1, -0.05) is 30.3 Å². The predicted octanol–water partition coefficient (Wildman–Crippen LogP) is 3.63. The highest BCUT2D eigenvalue weighted by Gasteiger charge is 2.09. The van der Waals surface area contributed by atoms with Crippen molar-refractivity contribution in [3.8, 4) is 0 Å². The van der Waals surface area contributed by atoms with Crippen LogP contribution in [0.15, 0.2) is 24.8 Å². The van der Waals surface area contributed by atoms with Gasteiger partial charge in [0.1, 0.15) is 5.76 Å².